The fourth-order valence-corrected chi connectivity index (χ4v) is 4.11. The van der Waals surface area contributed by atoms with Gasteiger partial charge in [-0.25, -0.2) is 9.97 Å². The molecule has 2 heterocycles. The molecule has 0 aromatic carbocycles. The van der Waals surface area contributed by atoms with Crippen molar-refractivity contribution >= 4 is 29.5 Å². The summed E-state index contributed by atoms with van der Waals surface area (Å²) in [6, 6.07) is 1.74. The summed E-state index contributed by atoms with van der Waals surface area (Å²) >= 11 is 1.32. The molecule has 2 rings (SSSR count). The van der Waals surface area contributed by atoms with Crippen LogP contribution in [-0.2, 0) is 14.4 Å². The van der Waals surface area contributed by atoms with E-state index in [0.717, 1.165) is 17.8 Å². The number of carboxylic acid groups (broad SMARTS) is 1. The number of likely N-dealkylation sites (tertiary alicyclic amines) is 1. The standard InChI is InChI=1S/C18H26N4O4S/c1-12-9-13(2)20-18(19-12)27-11-16(24)21-7-4-5-15(6-8-21)22(14(3)23)10-17(25)26/h9,15H,4-8,10-11H2,1-3H3,(H,25,26). The van der Waals surface area contributed by atoms with Crippen LogP contribution in [-0.4, -0.2) is 74.1 Å². The number of aliphatic carboxylic acids is 1. The van der Waals surface area contributed by atoms with Gasteiger partial charge in [0.2, 0.25) is 11.8 Å². The number of carbonyl (C=O) groups excluding carboxylic acids is 2. The average Bonchev–Trinajstić information content (AvgIpc) is 2.82. The van der Waals surface area contributed by atoms with E-state index in [4.69, 9.17) is 5.11 Å². The molecule has 0 spiro atoms. The van der Waals surface area contributed by atoms with Crippen molar-refractivity contribution in [3.05, 3.63) is 17.5 Å². The second-order valence-electron chi connectivity index (χ2n) is 6.73. The van der Waals surface area contributed by atoms with E-state index in [0.29, 0.717) is 31.1 Å². The Morgan fingerprint density at radius 1 is 1.22 bits per heavy atom. The van der Waals surface area contributed by atoms with E-state index in [1.54, 1.807) is 4.90 Å². The third-order valence-electron chi connectivity index (χ3n) is 4.49. The molecule has 1 aromatic heterocycles. The lowest BCUT2D eigenvalue weighted by Crippen LogP contribution is -2.43. The summed E-state index contributed by atoms with van der Waals surface area (Å²) in [5.41, 5.74) is 1.75. The Morgan fingerprint density at radius 3 is 2.48 bits per heavy atom. The van der Waals surface area contributed by atoms with Crippen LogP contribution in [0.25, 0.3) is 0 Å². The first-order valence-corrected chi connectivity index (χ1v) is 9.96. The zero-order valence-corrected chi connectivity index (χ0v) is 16.8. The van der Waals surface area contributed by atoms with Crippen molar-refractivity contribution in [2.24, 2.45) is 0 Å². The zero-order chi connectivity index (χ0) is 20.0. The number of rotatable bonds is 6. The summed E-state index contributed by atoms with van der Waals surface area (Å²) in [4.78, 5) is 47.2. The van der Waals surface area contributed by atoms with Gasteiger partial charge in [-0.15, -0.1) is 0 Å². The van der Waals surface area contributed by atoms with Crippen molar-refractivity contribution in [2.75, 3.05) is 25.4 Å². The minimum Gasteiger partial charge on any atom is -0.480 e. The molecule has 1 fully saturated rings. The highest BCUT2D eigenvalue weighted by atomic mass is 32.2. The highest BCUT2D eigenvalue weighted by molar-refractivity contribution is 7.99. The molecule has 0 saturated carbocycles. The van der Waals surface area contributed by atoms with E-state index in [1.165, 1.54) is 23.6 Å². The van der Waals surface area contributed by atoms with Gasteiger partial charge in [0.05, 0.1) is 5.75 Å². The largest absolute Gasteiger partial charge is 0.480 e. The maximum atomic E-state index is 12.6. The second-order valence-corrected chi connectivity index (χ2v) is 7.67. The molecule has 2 amide bonds. The first-order chi connectivity index (χ1) is 12.8. The van der Waals surface area contributed by atoms with Gasteiger partial charge < -0.3 is 14.9 Å². The fourth-order valence-electron chi connectivity index (χ4n) is 3.26. The molecule has 1 saturated heterocycles. The molecular formula is C18H26N4O4S. The number of hydrogen-bond donors (Lipinski definition) is 1. The SMILES string of the molecule is CC(=O)N(CC(=O)O)C1CCCN(C(=O)CSc2nc(C)cc(C)n2)CC1. The molecule has 1 aliphatic heterocycles. The van der Waals surface area contributed by atoms with Crippen molar-refractivity contribution in [1.29, 1.82) is 0 Å². The number of amides is 2. The van der Waals surface area contributed by atoms with Gasteiger partial charge in [-0.2, -0.15) is 0 Å². The van der Waals surface area contributed by atoms with E-state index in [-0.39, 0.29) is 30.2 Å². The molecule has 148 valence electrons. The monoisotopic (exact) mass is 394 g/mol. The average molecular weight is 394 g/mol. The number of thioether (sulfide) groups is 1. The maximum Gasteiger partial charge on any atom is 0.323 e. The molecule has 9 heteroatoms. The Balaban J connectivity index is 1.91. The third-order valence-corrected chi connectivity index (χ3v) is 5.32. The van der Waals surface area contributed by atoms with Crippen LogP contribution in [0, 0.1) is 13.8 Å². The Morgan fingerprint density at radius 2 is 1.89 bits per heavy atom. The summed E-state index contributed by atoms with van der Waals surface area (Å²) in [5.74, 6) is -0.994. The minimum absolute atomic E-state index is 0.0102. The lowest BCUT2D eigenvalue weighted by atomic mass is 10.1. The fraction of sp³-hybridized carbons (Fsp3) is 0.611. The van der Waals surface area contributed by atoms with Crippen molar-refractivity contribution in [3.8, 4) is 0 Å². The van der Waals surface area contributed by atoms with E-state index in [2.05, 4.69) is 9.97 Å². The summed E-state index contributed by atoms with van der Waals surface area (Å²) in [6.07, 6.45) is 2.03. The number of carboxylic acids is 1. The van der Waals surface area contributed by atoms with Crippen LogP contribution < -0.4 is 0 Å². The Bertz CT molecular complexity index is 692. The van der Waals surface area contributed by atoms with E-state index in [1.807, 2.05) is 19.9 Å². The van der Waals surface area contributed by atoms with Crippen LogP contribution in [0.2, 0.25) is 0 Å². The number of aromatic nitrogens is 2. The van der Waals surface area contributed by atoms with E-state index < -0.39 is 5.97 Å². The topological polar surface area (TPSA) is 104 Å². The molecule has 1 unspecified atom stereocenters. The smallest absolute Gasteiger partial charge is 0.323 e. The second kappa shape index (κ2) is 9.68. The molecule has 27 heavy (non-hydrogen) atoms. The van der Waals surface area contributed by atoms with Gasteiger partial charge in [0, 0.05) is 37.4 Å². The quantitative estimate of drug-likeness (QED) is 0.576. The van der Waals surface area contributed by atoms with Crippen LogP contribution in [0.15, 0.2) is 11.2 Å². The van der Waals surface area contributed by atoms with Gasteiger partial charge in [-0.05, 0) is 39.2 Å². The van der Waals surface area contributed by atoms with Crippen LogP contribution >= 0.6 is 11.8 Å². The van der Waals surface area contributed by atoms with Gasteiger partial charge in [0.25, 0.3) is 0 Å². The Kier molecular flexibility index (Phi) is 7.58. The molecule has 0 bridgehead atoms. The predicted molar refractivity (Wildman–Crippen MR) is 101 cm³/mol. The Hall–Kier alpha value is -2.16. The van der Waals surface area contributed by atoms with E-state index >= 15 is 0 Å². The van der Waals surface area contributed by atoms with Crippen molar-refractivity contribution in [2.45, 2.75) is 51.2 Å². The number of carbonyl (C=O) groups is 3. The number of hydrogen-bond acceptors (Lipinski definition) is 6. The summed E-state index contributed by atoms with van der Waals surface area (Å²) < 4.78 is 0. The van der Waals surface area contributed by atoms with Crippen molar-refractivity contribution < 1.29 is 19.5 Å². The highest BCUT2D eigenvalue weighted by Crippen LogP contribution is 2.20. The predicted octanol–water partition coefficient (Wildman–Crippen LogP) is 1.50. The summed E-state index contributed by atoms with van der Waals surface area (Å²) in [5, 5.41) is 9.61. The van der Waals surface area contributed by atoms with Gasteiger partial charge in [0.1, 0.15) is 6.54 Å². The first kappa shape index (κ1) is 21.1. The van der Waals surface area contributed by atoms with Gasteiger partial charge in [-0.1, -0.05) is 11.8 Å². The maximum absolute atomic E-state index is 12.6. The summed E-state index contributed by atoms with van der Waals surface area (Å²) in [6.45, 7) is 6.01. The molecule has 1 N–H and O–H groups in total. The molecule has 1 aliphatic rings. The van der Waals surface area contributed by atoms with Gasteiger partial charge >= 0.3 is 5.97 Å². The number of aryl methyl sites for hydroxylation is 2. The van der Waals surface area contributed by atoms with Crippen molar-refractivity contribution in [3.63, 3.8) is 0 Å². The van der Waals surface area contributed by atoms with Crippen LogP contribution in [0.1, 0.15) is 37.6 Å². The van der Waals surface area contributed by atoms with Gasteiger partial charge in [0.15, 0.2) is 5.16 Å². The van der Waals surface area contributed by atoms with Crippen LogP contribution in [0.4, 0.5) is 0 Å². The molecule has 1 aromatic rings. The number of nitrogens with zero attached hydrogens (tertiary/aromatic N) is 4. The molecule has 0 aliphatic carbocycles. The molecule has 0 radical (unpaired) electrons. The van der Waals surface area contributed by atoms with Crippen molar-refractivity contribution in [1.82, 2.24) is 19.8 Å². The molecule has 8 nitrogen and oxygen atoms in total. The lowest BCUT2D eigenvalue weighted by molar-refractivity contribution is -0.145. The minimum atomic E-state index is -1.02. The molecule has 1 atom stereocenters. The van der Waals surface area contributed by atoms with Crippen LogP contribution in [0.5, 0.6) is 0 Å². The van der Waals surface area contributed by atoms with Crippen LogP contribution in [0.3, 0.4) is 0 Å². The zero-order valence-electron chi connectivity index (χ0n) is 16.0. The van der Waals surface area contributed by atoms with Gasteiger partial charge in [-0.3, -0.25) is 14.4 Å². The normalized spacial score (nSPS) is 17.3. The lowest BCUT2D eigenvalue weighted by Gasteiger charge is -2.28. The van der Waals surface area contributed by atoms with E-state index in [9.17, 15) is 14.4 Å². The first-order valence-electron chi connectivity index (χ1n) is 8.98. The summed E-state index contributed by atoms with van der Waals surface area (Å²) in [7, 11) is 0. The Labute approximate surface area is 163 Å². The highest BCUT2D eigenvalue weighted by Gasteiger charge is 2.27. The third kappa shape index (κ3) is 6.50. The molecular weight excluding hydrogens is 368 g/mol.